The van der Waals surface area contributed by atoms with Crippen molar-refractivity contribution in [3.05, 3.63) is 41.2 Å². The first kappa shape index (κ1) is 19.4. The molecule has 1 aromatic rings. The molecule has 1 aliphatic rings. The summed E-state index contributed by atoms with van der Waals surface area (Å²) in [7, 11) is 0. The van der Waals surface area contributed by atoms with Crippen LogP contribution in [-0.4, -0.2) is 22.5 Å². The Morgan fingerprint density at radius 3 is 2.60 bits per heavy atom. The molecule has 0 fully saturated rings. The number of nitrogens with one attached hydrogen (secondary N) is 1. The largest absolute Gasteiger partial charge is 0.459 e. The Hall–Kier alpha value is -1.88. The van der Waals surface area contributed by atoms with E-state index in [2.05, 4.69) is 16.9 Å². The Labute approximate surface area is 153 Å². The minimum Gasteiger partial charge on any atom is -0.459 e. The van der Waals surface area contributed by atoms with Crippen molar-refractivity contribution in [2.75, 3.05) is 0 Å². The van der Waals surface area contributed by atoms with Gasteiger partial charge in [0.15, 0.2) is 5.41 Å². The third kappa shape index (κ3) is 3.30. The molecule has 1 aliphatic heterocycles. The van der Waals surface area contributed by atoms with Crippen molar-refractivity contribution >= 4 is 23.5 Å². The molecule has 5 nitrogen and oxygen atoms in total. The van der Waals surface area contributed by atoms with Gasteiger partial charge in [-0.1, -0.05) is 30.7 Å². The van der Waals surface area contributed by atoms with Gasteiger partial charge in [-0.3, -0.25) is 9.59 Å². The van der Waals surface area contributed by atoms with Gasteiger partial charge in [-0.25, -0.2) is 4.98 Å². The Kier molecular flexibility index (Phi) is 5.01. The average molecular weight is 365 g/mol. The molecule has 1 amide bonds. The first-order valence-corrected chi connectivity index (χ1v) is 8.72. The van der Waals surface area contributed by atoms with Crippen molar-refractivity contribution in [1.29, 1.82) is 0 Å². The van der Waals surface area contributed by atoms with Gasteiger partial charge in [0.1, 0.15) is 10.8 Å². The molecule has 1 aromatic heterocycles. The smallest absolute Gasteiger partial charge is 0.328 e. The van der Waals surface area contributed by atoms with E-state index < -0.39 is 28.4 Å². The fraction of sp³-hybridized carbons (Fsp3) is 0.526. The first-order chi connectivity index (χ1) is 11.5. The molecule has 6 heteroatoms. The van der Waals surface area contributed by atoms with E-state index in [4.69, 9.17) is 16.3 Å². The summed E-state index contributed by atoms with van der Waals surface area (Å²) in [4.78, 5) is 30.5. The summed E-state index contributed by atoms with van der Waals surface area (Å²) in [6, 6.07) is 3.47. The highest BCUT2D eigenvalue weighted by atomic mass is 35.5. The number of fused-ring (bicyclic) bond motifs is 1. The lowest BCUT2D eigenvalue weighted by Crippen LogP contribution is -2.62. The van der Waals surface area contributed by atoms with Crippen molar-refractivity contribution < 1.29 is 14.3 Å². The molecule has 2 rings (SSSR count). The van der Waals surface area contributed by atoms with Gasteiger partial charge in [-0.15, -0.1) is 6.58 Å². The Balaban J connectivity index is 2.73. The maximum atomic E-state index is 13.1. The molecule has 0 spiro atoms. The van der Waals surface area contributed by atoms with Crippen molar-refractivity contribution in [2.45, 2.75) is 64.0 Å². The maximum absolute atomic E-state index is 13.1. The van der Waals surface area contributed by atoms with Crippen LogP contribution in [-0.2, 0) is 25.3 Å². The van der Waals surface area contributed by atoms with Crippen LogP contribution < -0.4 is 5.32 Å². The number of aromatic nitrogens is 1. The fourth-order valence-electron chi connectivity index (χ4n) is 3.21. The third-order valence-corrected chi connectivity index (χ3v) is 4.68. The minimum atomic E-state index is -1.52. The molecule has 0 saturated carbocycles. The van der Waals surface area contributed by atoms with Crippen molar-refractivity contribution in [3.8, 4) is 0 Å². The van der Waals surface area contributed by atoms with Crippen molar-refractivity contribution in [2.24, 2.45) is 0 Å². The van der Waals surface area contributed by atoms with E-state index in [1.165, 1.54) is 0 Å². The molecule has 2 unspecified atom stereocenters. The second-order valence-corrected chi connectivity index (χ2v) is 7.96. The van der Waals surface area contributed by atoms with Crippen LogP contribution in [0.2, 0.25) is 5.15 Å². The van der Waals surface area contributed by atoms with Gasteiger partial charge in [0.2, 0.25) is 5.91 Å². The van der Waals surface area contributed by atoms with E-state index in [1.54, 1.807) is 39.8 Å². The quantitative estimate of drug-likeness (QED) is 0.383. The molecular weight excluding hydrogens is 340 g/mol. The van der Waals surface area contributed by atoms with Gasteiger partial charge in [0.25, 0.3) is 0 Å². The SMILES string of the molecule is C=CCC1(C)NC(=O)C(CC)(C(=O)OC(C)(C)C)c2nc(Cl)ccc21. The number of ether oxygens (including phenoxy) is 1. The second kappa shape index (κ2) is 6.45. The van der Waals surface area contributed by atoms with Crippen LogP contribution in [0.15, 0.2) is 24.8 Å². The van der Waals surface area contributed by atoms with Crippen LogP contribution in [0.3, 0.4) is 0 Å². The number of pyridine rings is 1. The molecule has 136 valence electrons. The summed E-state index contributed by atoms with van der Waals surface area (Å²) in [6.45, 7) is 12.7. The number of carbonyl (C=O) groups excluding carboxylic acids is 2. The highest BCUT2D eigenvalue weighted by Gasteiger charge is 2.57. The zero-order valence-electron chi connectivity index (χ0n) is 15.4. The van der Waals surface area contributed by atoms with E-state index in [0.717, 1.165) is 5.56 Å². The standard InChI is InChI=1S/C19H25ClN2O3/c1-7-11-18(6)12-9-10-13(20)21-14(12)19(8-2,15(23)22-18)16(24)25-17(3,4)5/h7,9-10H,1,8,11H2,2-6H3,(H,22,23). The number of amides is 1. The molecule has 0 radical (unpaired) electrons. The van der Waals surface area contributed by atoms with E-state index in [0.29, 0.717) is 12.1 Å². The predicted octanol–water partition coefficient (Wildman–Crippen LogP) is 3.65. The van der Waals surface area contributed by atoms with Crippen LogP contribution >= 0.6 is 11.6 Å². The minimum absolute atomic E-state index is 0.220. The molecule has 0 bridgehead atoms. The highest BCUT2D eigenvalue weighted by molar-refractivity contribution is 6.29. The molecule has 0 aliphatic carbocycles. The molecular formula is C19H25ClN2O3. The van der Waals surface area contributed by atoms with Gasteiger partial charge in [0.05, 0.1) is 11.2 Å². The second-order valence-electron chi connectivity index (χ2n) is 7.57. The number of carbonyl (C=O) groups is 2. The number of esters is 1. The summed E-state index contributed by atoms with van der Waals surface area (Å²) in [5.41, 5.74) is -1.82. The Morgan fingerprint density at radius 1 is 1.44 bits per heavy atom. The summed E-state index contributed by atoms with van der Waals surface area (Å²) in [5, 5.41) is 3.22. The topological polar surface area (TPSA) is 68.3 Å². The first-order valence-electron chi connectivity index (χ1n) is 8.34. The van der Waals surface area contributed by atoms with Crippen molar-refractivity contribution in [3.63, 3.8) is 0 Å². The normalized spacial score (nSPS) is 25.8. The molecule has 2 atom stereocenters. The van der Waals surface area contributed by atoms with Crippen LogP contribution in [0, 0.1) is 0 Å². The van der Waals surface area contributed by atoms with E-state index in [-0.39, 0.29) is 11.6 Å². The lowest BCUT2D eigenvalue weighted by atomic mass is 9.69. The van der Waals surface area contributed by atoms with Crippen LogP contribution in [0.4, 0.5) is 0 Å². The number of hydrogen-bond acceptors (Lipinski definition) is 4. The molecule has 25 heavy (non-hydrogen) atoms. The Morgan fingerprint density at radius 2 is 2.08 bits per heavy atom. The van der Waals surface area contributed by atoms with Gasteiger partial charge >= 0.3 is 5.97 Å². The molecule has 0 aromatic carbocycles. The monoisotopic (exact) mass is 364 g/mol. The molecule has 1 N–H and O–H groups in total. The fourth-order valence-corrected chi connectivity index (χ4v) is 3.36. The van der Waals surface area contributed by atoms with Crippen LogP contribution in [0.5, 0.6) is 0 Å². The zero-order valence-corrected chi connectivity index (χ0v) is 16.2. The number of halogens is 1. The van der Waals surface area contributed by atoms with Gasteiger partial charge in [0, 0.05) is 5.56 Å². The number of hydrogen-bond donors (Lipinski definition) is 1. The van der Waals surface area contributed by atoms with E-state index in [9.17, 15) is 9.59 Å². The average Bonchev–Trinajstić information content (AvgIpc) is 2.45. The molecule has 0 saturated heterocycles. The third-order valence-electron chi connectivity index (χ3n) is 4.47. The zero-order chi connectivity index (χ0) is 19.0. The van der Waals surface area contributed by atoms with Crippen LogP contribution in [0.25, 0.3) is 0 Å². The van der Waals surface area contributed by atoms with E-state index >= 15 is 0 Å². The Bertz CT molecular complexity index is 726. The van der Waals surface area contributed by atoms with E-state index in [1.807, 2.05) is 13.0 Å². The van der Waals surface area contributed by atoms with Crippen molar-refractivity contribution in [1.82, 2.24) is 10.3 Å². The van der Waals surface area contributed by atoms with Gasteiger partial charge < -0.3 is 10.1 Å². The summed E-state index contributed by atoms with van der Waals surface area (Å²) in [5.74, 6) is -1.03. The summed E-state index contributed by atoms with van der Waals surface area (Å²) in [6.07, 6.45) is 2.45. The van der Waals surface area contributed by atoms with Gasteiger partial charge in [-0.2, -0.15) is 0 Å². The highest BCUT2D eigenvalue weighted by Crippen LogP contribution is 2.43. The summed E-state index contributed by atoms with van der Waals surface area (Å²) >= 11 is 6.10. The number of rotatable bonds is 4. The summed E-state index contributed by atoms with van der Waals surface area (Å²) < 4.78 is 5.56. The maximum Gasteiger partial charge on any atom is 0.328 e. The lowest BCUT2D eigenvalue weighted by Gasteiger charge is -2.44. The van der Waals surface area contributed by atoms with Crippen LogP contribution in [0.1, 0.15) is 58.7 Å². The van der Waals surface area contributed by atoms with Gasteiger partial charge in [-0.05, 0) is 46.6 Å². The molecule has 2 heterocycles. The predicted molar refractivity (Wildman–Crippen MR) is 97.4 cm³/mol. The lowest BCUT2D eigenvalue weighted by molar-refractivity contribution is -0.166. The number of nitrogens with zero attached hydrogens (tertiary/aromatic N) is 1.